The lowest BCUT2D eigenvalue weighted by molar-refractivity contribution is -0.127. The maximum atomic E-state index is 12.6. The molecule has 3 N–H and O–H groups in total. The molecule has 20 heavy (non-hydrogen) atoms. The Morgan fingerprint density at radius 2 is 2.30 bits per heavy atom. The summed E-state index contributed by atoms with van der Waals surface area (Å²) in [6.45, 7) is 2.83. The zero-order valence-corrected chi connectivity index (χ0v) is 11.7. The van der Waals surface area contributed by atoms with Gasteiger partial charge in [-0.25, -0.2) is 0 Å². The lowest BCUT2D eigenvalue weighted by Crippen LogP contribution is -2.57. The second kappa shape index (κ2) is 5.81. The normalized spacial score (nSPS) is 18.6. The highest BCUT2D eigenvalue weighted by atomic mass is 16.5. The van der Waals surface area contributed by atoms with Crippen LogP contribution in [-0.4, -0.2) is 43.0 Å². The van der Waals surface area contributed by atoms with Crippen molar-refractivity contribution >= 4 is 17.5 Å². The Hall–Kier alpha value is -2.24. The number of benzene rings is 1. The van der Waals surface area contributed by atoms with E-state index < -0.39 is 6.04 Å². The molecule has 0 saturated carbocycles. The average molecular weight is 277 g/mol. The number of anilines is 1. The van der Waals surface area contributed by atoms with E-state index in [9.17, 15) is 9.59 Å². The number of hydrogen-bond acceptors (Lipinski definition) is 4. The molecule has 0 aromatic heterocycles. The van der Waals surface area contributed by atoms with Gasteiger partial charge < -0.3 is 20.7 Å². The van der Waals surface area contributed by atoms with Crippen LogP contribution in [-0.2, 0) is 4.79 Å². The standard InChI is InChI=1S/C14H19N3O3/c1-3-12-13(18)16-6-7-17(12)14(19)10-8-9(20-2)4-5-11(10)15/h4-5,8,12H,3,6-7,15H2,1-2H3,(H,16,18). The molecule has 6 heteroatoms. The van der Waals surface area contributed by atoms with Crippen molar-refractivity contribution in [3.05, 3.63) is 23.8 Å². The Morgan fingerprint density at radius 3 is 2.95 bits per heavy atom. The monoisotopic (exact) mass is 277 g/mol. The van der Waals surface area contributed by atoms with Crippen LogP contribution in [0.3, 0.4) is 0 Å². The number of nitrogens with two attached hydrogens (primary N) is 1. The molecule has 1 aromatic carbocycles. The first-order chi connectivity index (χ1) is 9.58. The third-order valence-corrected chi connectivity index (χ3v) is 3.47. The zero-order chi connectivity index (χ0) is 14.7. The fourth-order valence-corrected chi connectivity index (χ4v) is 2.37. The molecule has 0 aliphatic carbocycles. The third kappa shape index (κ3) is 2.54. The Morgan fingerprint density at radius 1 is 1.55 bits per heavy atom. The van der Waals surface area contributed by atoms with E-state index in [1.165, 1.54) is 7.11 Å². The van der Waals surface area contributed by atoms with Gasteiger partial charge in [0.05, 0.1) is 12.7 Å². The molecule has 2 amide bonds. The van der Waals surface area contributed by atoms with Crippen molar-refractivity contribution in [2.24, 2.45) is 0 Å². The number of ether oxygens (including phenoxy) is 1. The molecule has 0 spiro atoms. The molecule has 108 valence electrons. The number of amides is 2. The molecule has 1 aliphatic rings. The number of nitrogens with one attached hydrogen (secondary N) is 1. The number of methoxy groups -OCH3 is 1. The summed E-state index contributed by atoms with van der Waals surface area (Å²) in [5, 5.41) is 2.77. The molecule has 0 radical (unpaired) electrons. The first kappa shape index (κ1) is 14.2. The predicted molar refractivity (Wildman–Crippen MR) is 75.5 cm³/mol. The third-order valence-electron chi connectivity index (χ3n) is 3.47. The van der Waals surface area contributed by atoms with E-state index in [4.69, 9.17) is 10.5 Å². The minimum Gasteiger partial charge on any atom is -0.497 e. The fraction of sp³-hybridized carbons (Fsp3) is 0.429. The lowest BCUT2D eigenvalue weighted by atomic mass is 10.1. The van der Waals surface area contributed by atoms with Crippen LogP contribution >= 0.6 is 0 Å². The SMILES string of the molecule is CCC1C(=O)NCCN1C(=O)c1cc(OC)ccc1N. The fourth-order valence-electron chi connectivity index (χ4n) is 2.37. The van der Waals surface area contributed by atoms with Crippen molar-refractivity contribution in [1.82, 2.24) is 10.2 Å². The molecule has 1 fully saturated rings. The number of carbonyl (C=O) groups excluding carboxylic acids is 2. The van der Waals surface area contributed by atoms with E-state index in [0.717, 1.165) is 0 Å². The molecular formula is C14H19N3O3. The van der Waals surface area contributed by atoms with Gasteiger partial charge in [0.2, 0.25) is 5.91 Å². The van der Waals surface area contributed by atoms with E-state index in [1.54, 1.807) is 23.1 Å². The molecule has 6 nitrogen and oxygen atoms in total. The van der Waals surface area contributed by atoms with Gasteiger partial charge in [-0.15, -0.1) is 0 Å². The molecule has 0 bridgehead atoms. The second-order valence-corrected chi connectivity index (χ2v) is 4.67. The summed E-state index contributed by atoms with van der Waals surface area (Å²) in [5.74, 6) is 0.216. The van der Waals surface area contributed by atoms with Crippen LogP contribution < -0.4 is 15.8 Å². The predicted octanol–water partition coefficient (Wildman–Crippen LogP) is 0.628. The van der Waals surface area contributed by atoms with Gasteiger partial charge in [0.15, 0.2) is 0 Å². The van der Waals surface area contributed by atoms with Crippen LogP contribution in [0, 0.1) is 0 Å². The maximum absolute atomic E-state index is 12.6. The number of carbonyl (C=O) groups is 2. The molecule has 1 unspecified atom stereocenters. The quantitative estimate of drug-likeness (QED) is 0.794. The highest BCUT2D eigenvalue weighted by Gasteiger charge is 2.32. The minimum atomic E-state index is -0.443. The second-order valence-electron chi connectivity index (χ2n) is 4.67. The number of rotatable bonds is 3. The van der Waals surface area contributed by atoms with Gasteiger partial charge in [0.25, 0.3) is 5.91 Å². The van der Waals surface area contributed by atoms with Crippen molar-refractivity contribution in [2.45, 2.75) is 19.4 Å². The van der Waals surface area contributed by atoms with Crippen LogP contribution in [0.1, 0.15) is 23.7 Å². The summed E-state index contributed by atoms with van der Waals surface area (Å²) in [6, 6.07) is 4.50. The molecule has 1 atom stereocenters. The first-order valence-corrected chi connectivity index (χ1v) is 6.60. The maximum Gasteiger partial charge on any atom is 0.256 e. The Balaban J connectivity index is 2.32. The van der Waals surface area contributed by atoms with Gasteiger partial charge >= 0.3 is 0 Å². The summed E-state index contributed by atoms with van der Waals surface area (Å²) in [7, 11) is 1.53. The Bertz CT molecular complexity index is 530. The molecule has 1 saturated heterocycles. The van der Waals surface area contributed by atoms with E-state index in [2.05, 4.69) is 5.32 Å². The van der Waals surface area contributed by atoms with Gasteiger partial charge in [0.1, 0.15) is 11.8 Å². The van der Waals surface area contributed by atoms with Gasteiger partial charge in [-0.2, -0.15) is 0 Å². The number of piperazine rings is 1. The number of nitrogens with zero attached hydrogens (tertiary/aromatic N) is 1. The summed E-state index contributed by atoms with van der Waals surface area (Å²) in [5.41, 5.74) is 6.63. The van der Waals surface area contributed by atoms with Crippen LogP contribution in [0.2, 0.25) is 0 Å². The smallest absolute Gasteiger partial charge is 0.256 e. The Labute approximate surface area is 117 Å². The molecule has 1 aromatic rings. The van der Waals surface area contributed by atoms with Crippen molar-refractivity contribution in [1.29, 1.82) is 0 Å². The molecule has 2 rings (SSSR count). The summed E-state index contributed by atoms with van der Waals surface area (Å²) in [6.07, 6.45) is 0.571. The molecular weight excluding hydrogens is 258 g/mol. The minimum absolute atomic E-state index is 0.117. The van der Waals surface area contributed by atoms with Crippen molar-refractivity contribution < 1.29 is 14.3 Å². The summed E-state index contributed by atoms with van der Waals surface area (Å²) < 4.78 is 5.12. The van der Waals surface area contributed by atoms with Gasteiger partial charge in [-0.1, -0.05) is 6.92 Å². The largest absolute Gasteiger partial charge is 0.497 e. The summed E-state index contributed by atoms with van der Waals surface area (Å²) >= 11 is 0. The van der Waals surface area contributed by atoms with E-state index in [1.807, 2.05) is 6.92 Å². The van der Waals surface area contributed by atoms with Crippen molar-refractivity contribution in [3.63, 3.8) is 0 Å². The van der Waals surface area contributed by atoms with E-state index in [-0.39, 0.29) is 11.8 Å². The van der Waals surface area contributed by atoms with Gasteiger partial charge in [0, 0.05) is 18.8 Å². The van der Waals surface area contributed by atoms with Gasteiger partial charge in [-0.05, 0) is 24.6 Å². The lowest BCUT2D eigenvalue weighted by Gasteiger charge is -2.34. The van der Waals surface area contributed by atoms with E-state index >= 15 is 0 Å². The van der Waals surface area contributed by atoms with Crippen LogP contribution in [0.15, 0.2) is 18.2 Å². The zero-order valence-electron chi connectivity index (χ0n) is 11.7. The average Bonchev–Trinajstić information content (AvgIpc) is 2.46. The highest BCUT2D eigenvalue weighted by Crippen LogP contribution is 2.23. The van der Waals surface area contributed by atoms with Crippen molar-refractivity contribution in [3.8, 4) is 5.75 Å². The highest BCUT2D eigenvalue weighted by molar-refractivity contribution is 6.02. The number of hydrogen-bond donors (Lipinski definition) is 2. The topological polar surface area (TPSA) is 84.7 Å². The van der Waals surface area contributed by atoms with Crippen LogP contribution in [0.25, 0.3) is 0 Å². The van der Waals surface area contributed by atoms with Crippen LogP contribution in [0.5, 0.6) is 5.75 Å². The summed E-state index contributed by atoms with van der Waals surface area (Å²) in [4.78, 5) is 26.0. The first-order valence-electron chi connectivity index (χ1n) is 6.60. The van der Waals surface area contributed by atoms with E-state index in [0.29, 0.717) is 36.5 Å². The Kier molecular flexibility index (Phi) is 4.12. The molecule has 1 heterocycles. The van der Waals surface area contributed by atoms with Crippen molar-refractivity contribution in [2.75, 3.05) is 25.9 Å². The molecule has 1 aliphatic heterocycles. The number of nitrogen functional groups attached to an aromatic ring is 1. The van der Waals surface area contributed by atoms with Crippen LogP contribution in [0.4, 0.5) is 5.69 Å². The van der Waals surface area contributed by atoms with Gasteiger partial charge in [-0.3, -0.25) is 9.59 Å².